The normalized spacial score (nSPS) is 5.71. The van der Waals surface area contributed by atoms with E-state index >= 15 is 0 Å². The summed E-state index contributed by atoms with van der Waals surface area (Å²) >= 11 is 0. The molecule has 0 spiro atoms. The van der Waals surface area contributed by atoms with Gasteiger partial charge in [0.1, 0.15) is 0 Å². The third-order valence-corrected chi connectivity index (χ3v) is 0.406. The van der Waals surface area contributed by atoms with Crippen molar-refractivity contribution in [2.45, 2.75) is 0 Å². The van der Waals surface area contributed by atoms with Crippen LogP contribution in [0.3, 0.4) is 0 Å². The molecule has 0 aliphatic rings. The van der Waals surface area contributed by atoms with Crippen molar-refractivity contribution >= 4 is 9.90 Å². The summed E-state index contributed by atoms with van der Waals surface area (Å²) in [7, 11) is 0. The van der Waals surface area contributed by atoms with Gasteiger partial charge >= 0.3 is 0 Å². The fraction of sp³-hybridized carbons (Fsp3) is 0. The van der Waals surface area contributed by atoms with Gasteiger partial charge in [-0.2, -0.15) is 9.90 Å². The number of H-pyrrole nitrogens is 1. The Hall–Kier alpha value is 0.328. The molecule has 0 aliphatic carbocycles. The van der Waals surface area contributed by atoms with Crippen LogP contribution in [0.15, 0.2) is 18.7 Å². The molecular formula is C3H7MoN2P. The molecule has 1 aromatic rings. The first kappa shape index (κ1) is 10.3. The van der Waals surface area contributed by atoms with Gasteiger partial charge in [0.25, 0.3) is 0 Å². The topological polar surface area (TPSA) is 28.7 Å². The van der Waals surface area contributed by atoms with Gasteiger partial charge in [0.05, 0.1) is 6.33 Å². The molecule has 0 fully saturated rings. The van der Waals surface area contributed by atoms with Crippen molar-refractivity contribution in [1.29, 1.82) is 0 Å². The summed E-state index contributed by atoms with van der Waals surface area (Å²) in [5, 5.41) is 0. The Balaban J connectivity index is 0. The van der Waals surface area contributed by atoms with Gasteiger partial charge in [0, 0.05) is 33.5 Å². The summed E-state index contributed by atoms with van der Waals surface area (Å²) in [6.07, 6.45) is 5.08. The Labute approximate surface area is 60.0 Å². The van der Waals surface area contributed by atoms with Gasteiger partial charge in [-0.3, -0.25) is 0 Å². The van der Waals surface area contributed by atoms with E-state index in [4.69, 9.17) is 0 Å². The van der Waals surface area contributed by atoms with E-state index in [1.807, 2.05) is 0 Å². The van der Waals surface area contributed by atoms with E-state index in [0.29, 0.717) is 0 Å². The summed E-state index contributed by atoms with van der Waals surface area (Å²) in [5.74, 6) is 0. The minimum absolute atomic E-state index is 0. The maximum atomic E-state index is 3.67. The van der Waals surface area contributed by atoms with Crippen LogP contribution in [0.25, 0.3) is 0 Å². The first-order valence-electron chi connectivity index (χ1n) is 1.43. The third kappa shape index (κ3) is 4.18. The zero-order valence-electron chi connectivity index (χ0n) is 3.79. The molecule has 1 N–H and O–H groups in total. The number of rotatable bonds is 0. The Bertz CT molecular complexity index is 69.4. The van der Waals surface area contributed by atoms with E-state index in [9.17, 15) is 0 Å². The second-order valence-corrected chi connectivity index (χ2v) is 0.761. The molecular weight excluding hydrogens is 191 g/mol. The molecule has 1 rings (SSSR count). The molecule has 40 valence electrons. The molecule has 1 heterocycles. The van der Waals surface area contributed by atoms with Crippen LogP contribution in [0.4, 0.5) is 0 Å². The molecule has 0 saturated heterocycles. The van der Waals surface area contributed by atoms with Gasteiger partial charge in [-0.15, -0.1) is 0 Å². The average Bonchev–Trinajstić information content (AvgIpc) is 1.76. The molecule has 7 heavy (non-hydrogen) atoms. The van der Waals surface area contributed by atoms with E-state index in [0.717, 1.165) is 0 Å². The van der Waals surface area contributed by atoms with Gasteiger partial charge < -0.3 is 4.98 Å². The molecule has 1 atom stereocenters. The second-order valence-electron chi connectivity index (χ2n) is 0.761. The summed E-state index contributed by atoms with van der Waals surface area (Å²) < 4.78 is 0. The number of aromatic amines is 1. The minimum Gasteiger partial charge on any atom is -0.351 e. The monoisotopic (exact) mass is 200 g/mol. The van der Waals surface area contributed by atoms with Gasteiger partial charge in [-0.1, -0.05) is 0 Å². The Morgan fingerprint density at radius 1 is 1.43 bits per heavy atom. The molecule has 0 amide bonds. The molecule has 2 nitrogen and oxygen atoms in total. The van der Waals surface area contributed by atoms with Crippen molar-refractivity contribution in [2.75, 3.05) is 0 Å². The van der Waals surface area contributed by atoms with Crippen LogP contribution in [-0.2, 0) is 21.1 Å². The fourth-order valence-corrected chi connectivity index (χ4v) is 0.215. The quantitative estimate of drug-likeness (QED) is 0.476. The van der Waals surface area contributed by atoms with Crippen molar-refractivity contribution in [3.63, 3.8) is 0 Å². The predicted molar refractivity (Wildman–Crippen MR) is 29.7 cm³/mol. The predicted octanol–water partition coefficient (Wildman–Crippen LogP) is 0.465. The number of hydrogen-bond donors (Lipinski definition) is 1. The summed E-state index contributed by atoms with van der Waals surface area (Å²) in [5.41, 5.74) is 0. The average molecular weight is 198 g/mol. The van der Waals surface area contributed by atoms with Gasteiger partial charge in [-0.05, 0) is 0 Å². The fourth-order valence-electron chi connectivity index (χ4n) is 0.215. The van der Waals surface area contributed by atoms with E-state index in [2.05, 4.69) is 9.97 Å². The van der Waals surface area contributed by atoms with Crippen LogP contribution in [-0.4, -0.2) is 9.97 Å². The summed E-state index contributed by atoms with van der Waals surface area (Å²) in [6, 6.07) is 0. The van der Waals surface area contributed by atoms with Crippen LogP contribution >= 0.6 is 9.90 Å². The van der Waals surface area contributed by atoms with Crippen LogP contribution < -0.4 is 0 Å². The van der Waals surface area contributed by atoms with Gasteiger partial charge in [-0.25, -0.2) is 4.98 Å². The third-order valence-electron chi connectivity index (χ3n) is 0.406. The molecule has 4 heteroatoms. The largest absolute Gasteiger partial charge is 0.351 e. The number of hydrogen-bond acceptors (Lipinski definition) is 1. The maximum Gasteiger partial charge on any atom is 0.0919 e. The molecule has 0 saturated carbocycles. The Morgan fingerprint density at radius 2 is 2.14 bits per heavy atom. The smallest absolute Gasteiger partial charge is 0.0919 e. The zero-order chi connectivity index (χ0) is 3.54. The zero-order valence-corrected chi connectivity index (χ0v) is 7.22. The maximum absolute atomic E-state index is 3.67. The molecule has 0 aromatic carbocycles. The minimum atomic E-state index is 0. The summed E-state index contributed by atoms with van der Waals surface area (Å²) in [6.45, 7) is 0. The van der Waals surface area contributed by atoms with E-state index in [-0.39, 0.29) is 31.0 Å². The van der Waals surface area contributed by atoms with E-state index in [1.54, 1.807) is 18.7 Å². The van der Waals surface area contributed by atoms with Crippen LogP contribution in [0.2, 0.25) is 0 Å². The van der Waals surface area contributed by atoms with Crippen molar-refractivity contribution in [3.05, 3.63) is 18.7 Å². The molecule has 1 unspecified atom stereocenters. The first-order valence-corrected chi connectivity index (χ1v) is 1.43. The van der Waals surface area contributed by atoms with Crippen molar-refractivity contribution in [2.24, 2.45) is 0 Å². The van der Waals surface area contributed by atoms with Crippen molar-refractivity contribution in [1.82, 2.24) is 9.97 Å². The number of imidazole rings is 1. The van der Waals surface area contributed by atoms with E-state index in [1.165, 1.54) is 0 Å². The number of aromatic nitrogens is 2. The van der Waals surface area contributed by atoms with Gasteiger partial charge in [0.15, 0.2) is 0 Å². The molecule has 0 aliphatic heterocycles. The Kier molecular flexibility index (Phi) is 9.35. The van der Waals surface area contributed by atoms with Crippen LogP contribution in [0.1, 0.15) is 0 Å². The second kappa shape index (κ2) is 6.33. The summed E-state index contributed by atoms with van der Waals surface area (Å²) in [4.78, 5) is 6.42. The van der Waals surface area contributed by atoms with Crippen molar-refractivity contribution < 1.29 is 21.1 Å². The molecule has 0 radical (unpaired) electrons. The van der Waals surface area contributed by atoms with Gasteiger partial charge in [0.2, 0.25) is 0 Å². The standard InChI is InChI=1S/C3H4N2.Mo.H3P/c1-2-5-3-4-1;;/h1-3H,(H,4,5);;1H3. The number of nitrogens with zero attached hydrogens (tertiary/aromatic N) is 1. The van der Waals surface area contributed by atoms with E-state index < -0.39 is 0 Å². The Morgan fingerprint density at radius 3 is 2.29 bits per heavy atom. The van der Waals surface area contributed by atoms with Crippen molar-refractivity contribution in [3.8, 4) is 0 Å². The SMILES string of the molecule is P.[Mo].c1c[nH]cn1. The first-order chi connectivity index (χ1) is 2.50. The number of nitrogens with one attached hydrogen (secondary N) is 1. The molecule has 0 bridgehead atoms. The molecule has 1 aromatic heterocycles. The van der Waals surface area contributed by atoms with Crippen LogP contribution in [0, 0.1) is 0 Å². The van der Waals surface area contributed by atoms with Crippen LogP contribution in [0.5, 0.6) is 0 Å².